The highest BCUT2D eigenvalue weighted by Crippen LogP contribution is 2.30. The van der Waals surface area contributed by atoms with Gasteiger partial charge in [0.25, 0.3) is 0 Å². The number of hydrogen-bond acceptors (Lipinski definition) is 4. The lowest BCUT2D eigenvalue weighted by Crippen LogP contribution is -2.05. The fraction of sp³-hybridized carbons (Fsp3) is 0.400. The Kier molecular flexibility index (Phi) is 4.10. The van der Waals surface area contributed by atoms with Gasteiger partial charge in [0.1, 0.15) is 11.1 Å². The van der Waals surface area contributed by atoms with Crippen molar-refractivity contribution in [3.8, 4) is 0 Å². The second-order valence-electron chi connectivity index (χ2n) is 4.72. The van der Waals surface area contributed by atoms with Gasteiger partial charge in [0.2, 0.25) is 0 Å². The smallest absolute Gasteiger partial charge is 0.122 e. The van der Waals surface area contributed by atoms with Crippen LogP contribution in [-0.2, 0) is 11.2 Å². The summed E-state index contributed by atoms with van der Waals surface area (Å²) in [6.07, 6.45) is 3.49. The van der Waals surface area contributed by atoms with Crippen LogP contribution in [-0.4, -0.2) is 18.1 Å². The summed E-state index contributed by atoms with van der Waals surface area (Å²) in [4.78, 5) is 4.68. The number of nitrogens with one attached hydrogen (secondary N) is 1. The van der Waals surface area contributed by atoms with Gasteiger partial charge in [-0.05, 0) is 25.0 Å². The molecule has 1 unspecified atom stereocenters. The van der Waals surface area contributed by atoms with Crippen molar-refractivity contribution in [3.63, 3.8) is 0 Å². The molecule has 1 N–H and O–H groups in total. The first-order valence-electron chi connectivity index (χ1n) is 6.76. The van der Waals surface area contributed by atoms with E-state index in [0.29, 0.717) is 0 Å². The first kappa shape index (κ1) is 12.6. The molecule has 0 aliphatic carbocycles. The molecule has 1 aliphatic heterocycles. The Balaban J connectivity index is 1.50. The molecule has 0 radical (unpaired) electrons. The molecule has 1 saturated heterocycles. The Morgan fingerprint density at radius 2 is 2.21 bits per heavy atom. The highest BCUT2D eigenvalue weighted by Gasteiger charge is 2.20. The highest BCUT2D eigenvalue weighted by atomic mass is 32.1. The van der Waals surface area contributed by atoms with Crippen LogP contribution in [0, 0.1) is 0 Å². The first-order valence-corrected chi connectivity index (χ1v) is 7.64. The molecule has 19 heavy (non-hydrogen) atoms. The Bertz CT molecular complexity index is 506. The van der Waals surface area contributed by atoms with Crippen molar-refractivity contribution in [2.24, 2.45) is 0 Å². The highest BCUT2D eigenvalue weighted by molar-refractivity contribution is 7.09. The predicted octanol–water partition coefficient (Wildman–Crippen LogP) is 3.65. The van der Waals surface area contributed by atoms with E-state index in [-0.39, 0.29) is 6.10 Å². The Labute approximate surface area is 117 Å². The average molecular weight is 274 g/mol. The van der Waals surface area contributed by atoms with Gasteiger partial charge in [-0.3, -0.25) is 0 Å². The summed E-state index contributed by atoms with van der Waals surface area (Å²) in [5.41, 5.74) is 2.33. The zero-order valence-electron chi connectivity index (χ0n) is 10.8. The maximum atomic E-state index is 5.66. The molecular weight excluding hydrogens is 256 g/mol. The summed E-state index contributed by atoms with van der Waals surface area (Å²) in [7, 11) is 0. The number of ether oxygens (including phenoxy) is 1. The minimum atomic E-state index is 0.251. The van der Waals surface area contributed by atoms with Crippen LogP contribution in [0.2, 0.25) is 0 Å². The summed E-state index contributed by atoms with van der Waals surface area (Å²) in [6.45, 7) is 1.80. The summed E-state index contributed by atoms with van der Waals surface area (Å²) in [6, 6.07) is 10.3. The molecule has 0 saturated carbocycles. The second-order valence-corrected chi connectivity index (χ2v) is 5.61. The number of nitrogens with zero attached hydrogens (tertiary/aromatic N) is 1. The van der Waals surface area contributed by atoms with Crippen LogP contribution in [0.3, 0.4) is 0 Å². The lowest BCUT2D eigenvalue weighted by molar-refractivity contribution is 0.111. The minimum Gasteiger partial charge on any atom is -0.385 e. The van der Waals surface area contributed by atoms with Crippen LogP contribution in [0.4, 0.5) is 5.69 Å². The largest absolute Gasteiger partial charge is 0.385 e. The molecule has 2 aromatic rings. The first-order chi connectivity index (χ1) is 9.42. The van der Waals surface area contributed by atoms with Gasteiger partial charge in [-0.25, -0.2) is 4.98 Å². The third-order valence-corrected chi connectivity index (χ3v) is 4.24. The van der Waals surface area contributed by atoms with Gasteiger partial charge >= 0.3 is 0 Å². The molecule has 2 heterocycles. The van der Waals surface area contributed by atoms with Crippen LogP contribution >= 0.6 is 11.3 Å². The molecule has 1 aliphatic rings. The van der Waals surface area contributed by atoms with E-state index in [4.69, 9.17) is 4.74 Å². The monoisotopic (exact) mass is 274 g/mol. The number of rotatable bonds is 5. The van der Waals surface area contributed by atoms with E-state index in [1.54, 1.807) is 11.3 Å². The van der Waals surface area contributed by atoms with Crippen molar-refractivity contribution in [1.29, 1.82) is 0 Å². The molecule has 100 valence electrons. The zero-order chi connectivity index (χ0) is 12.9. The van der Waals surface area contributed by atoms with Crippen molar-refractivity contribution >= 4 is 17.0 Å². The van der Waals surface area contributed by atoms with Gasteiger partial charge in [0.05, 0.1) is 5.69 Å². The number of anilines is 1. The Morgan fingerprint density at radius 1 is 1.32 bits per heavy atom. The lowest BCUT2D eigenvalue weighted by Gasteiger charge is -2.05. The number of benzene rings is 1. The van der Waals surface area contributed by atoms with Gasteiger partial charge in [0, 0.05) is 30.6 Å². The van der Waals surface area contributed by atoms with Gasteiger partial charge in [-0.15, -0.1) is 11.3 Å². The SMILES string of the molecule is c1ccc(NCCc2csc(C3CCCO3)n2)cc1. The fourth-order valence-electron chi connectivity index (χ4n) is 2.25. The van der Waals surface area contributed by atoms with Crippen LogP contribution in [0.1, 0.15) is 29.6 Å². The number of thiazole rings is 1. The van der Waals surface area contributed by atoms with Crippen LogP contribution in [0.25, 0.3) is 0 Å². The van der Waals surface area contributed by atoms with Crippen LogP contribution < -0.4 is 5.32 Å². The van der Waals surface area contributed by atoms with Crippen LogP contribution in [0.5, 0.6) is 0 Å². The van der Waals surface area contributed by atoms with E-state index < -0.39 is 0 Å². The predicted molar refractivity (Wildman–Crippen MR) is 78.7 cm³/mol. The normalized spacial score (nSPS) is 18.6. The molecule has 3 rings (SSSR count). The molecule has 3 nitrogen and oxygen atoms in total. The van der Waals surface area contributed by atoms with Crippen LogP contribution in [0.15, 0.2) is 35.7 Å². The fourth-order valence-corrected chi connectivity index (χ4v) is 3.18. The van der Waals surface area contributed by atoms with E-state index >= 15 is 0 Å². The van der Waals surface area contributed by atoms with E-state index in [1.807, 2.05) is 18.2 Å². The molecule has 1 aromatic carbocycles. The van der Waals surface area contributed by atoms with Gasteiger partial charge in [-0.2, -0.15) is 0 Å². The van der Waals surface area contributed by atoms with Gasteiger partial charge in [-0.1, -0.05) is 18.2 Å². The van der Waals surface area contributed by atoms with Crippen molar-refractivity contribution in [1.82, 2.24) is 4.98 Å². The van der Waals surface area contributed by atoms with Gasteiger partial charge < -0.3 is 10.1 Å². The Hall–Kier alpha value is -1.39. The standard InChI is InChI=1S/C15H18N2OS/c1-2-5-12(6-3-1)16-9-8-13-11-19-15(17-13)14-7-4-10-18-14/h1-3,5-6,11,14,16H,4,7-10H2. The molecule has 0 spiro atoms. The van der Waals surface area contributed by atoms with Gasteiger partial charge in [0.15, 0.2) is 0 Å². The number of hydrogen-bond donors (Lipinski definition) is 1. The molecule has 1 aromatic heterocycles. The van der Waals surface area contributed by atoms with Crippen molar-refractivity contribution in [3.05, 3.63) is 46.4 Å². The molecular formula is C15H18N2OS. The summed E-state index contributed by atoms with van der Waals surface area (Å²) in [5.74, 6) is 0. The average Bonchev–Trinajstić information content (AvgIpc) is 3.10. The summed E-state index contributed by atoms with van der Waals surface area (Å²) in [5, 5.41) is 6.71. The van der Waals surface area contributed by atoms with Crippen molar-refractivity contribution < 1.29 is 4.74 Å². The third kappa shape index (κ3) is 3.33. The number of para-hydroxylation sites is 1. The Morgan fingerprint density at radius 3 is 3.00 bits per heavy atom. The quantitative estimate of drug-likeness (QED) is 0.903. The molecule has 1 atom stereocenters. The molecule has 4 heteroatoms. The molecule has 0 amide bonds. The maximum absolute atomic E-state index is 5.66. The maximum Gasteiger partial charge on any atom is 0.122 e. The summed E-state index contributed by atoms with van der Waals surface area (Å²) < 4.78 is 5.66. The van der Waals surface area contributed by atoms with E-state index in [1.165, 1.54) is 5.69 Å². The topological polar surface area (TPSA) is 34.1 Å². The summed E-state index contributed by atoms with van der Waals surface area (Å²) >= 11 is 1.73. The van der Waals surface area contributed by atoms with Crippen molar-refractivity contribution in [2.75, 3.05) is 18.5 Å². The van der Waals surface area contributed by atoms with E-state index in [2.05, 4.69) is 27.8 Å². The third-order valence-electron chi connectivity index (χ3n) is 3.26. The molecule has 1 fully saturated rings. The molecule has 0 bridgehead atoms. The van der Waals surface area contributed by atoms with Crippen molar-refractivity contribution in [2.45, 2.75) is 25.4 Å². The second kappa shape index (κ2) is 6.17. The zero-order valence-corrected chi connectivity index (χ0v) is 11.7. The minimum absolute atomic E-state index is 0.251. The lowest BCUT2D eigenvalue weighted by atomic mass is 10.2. The number of aromatic nitrogens is 1. The van der Waals surface area contributed by atoms with E-state index in [9.17, 15) is 0 Å². The van der Waals surface area contributed by atoms with E-state index in [0.717, 1.165) is 43.1 Å².